The lowest BCUT2D eigenvalue weighted by Crippen LogP contribution is -2.53. The van der Waals surface area contributed by atoms with Crippen LogP contribution < -0.4 is 0 Å². The highest BCUT2D eigenvalue weighted by Crippen LogP contribution is 2.28. The Morgan fingerprint density at radius 1 is 1.33 bits per heavy atom. The molecule has 5 heteroatoms. The van der Waals surface area contributed by atoms with Gasteiger partial charge in [0.2, 0.25) is 0 Å². The predicted octanol–water partition coefficient (Wildman–Crippen LogP) is 2.09. The lowest BCUT2D eigenvalue weighted by Gasteiger charge is -2.38. The minimum Gasteiger partial charge on any atom is -0.480 e. The number of likely N-dealkylation sites (tertiary alicyclic amines) is 1. The van der Waals surface area contributed by atoms with Gasteiger partial charge in [-0.15, -0.1) is 0 Å². The van der Waals surface area contributed by atoms with E-state index in [1.165, 1.54) is 12.0 Å². The fraction of sp³-hybridized carbons (Fsp3) is 0.500. The molecule has 1 heterocycles. The van der Waals surface area contributed by atoms with E-state index >= 15 is 0 Å². The van der Waals surface area contributed by atoms with E-state index in [4.69, 9.17) is 4.74 Å². The molecule has 1 aliphatic heterocycles. The van der Waals surface area contributed by atoms with Crippen LogP contribution in [0.2, 0.25) is 0 Å². The lowest BCUT2D eigenvalue weighted by atomic mass is 9.90. The Labute approximate surface area is 124 Å². The number of nitrogens with zero attached hydrogens (tertiary/aromatic N) is 1. The summed E-state index contributed by atoms with van der Waals surface area (Å²) < 4.78 is 5.33. The molecule has 0 bridgehead atoms. The SMILES string of the molecule is COC(C(=O)N1CCCC(C)C1C(=O)O)c1ccccc1. The van der Waals surface area contributed by atoms with Crippen molar-refractivity contribution >= 4 is 11.9 Å². The molecule has 0 radical (unpaired) electrons. The van der Waals surface area contributed by atoms with Crippen LogP contribution in [0, 0.1) is 5.92 Å². The van der Waals surface area contributed by atoms with Gasteiger partial charge in [0.05, 0.1) is 0 Å². The molecule has 1 aromatic carbocycles. The number of piperidine rings is 1. The number of rotatable bonds is 4. The fourth-order valence-electron chi connectivity index (χ4n) is 2.97. The van der Waals surface area contributed by atoms with Crippen LogP contribution in [-0.4, -0.2) is 41.6 Å². The second kappa shape index (κ2) is 6.72. The maximum atomic E-state index is 12.7. The third kappa shape index (κ3) is 3.24. The van der Waals surface area contributed by atoms with Gasteiger partial charge in [-0.2, -0.15) is 0 Å². The van der Waals surface area contributed by atoms with E-state index in [9.17, 15) is 14.7 Å². The summed E-state index contributed by atoms with van der Waals surface area (Å²) in [5, 5.41) is 9.42. The Morgan fingerprint density at radius 3 is 2.57 bits per heavy atom. The monoisotopic (exact) mass is 291 g/mol. The third-order valence-corrected chi connectivity index (χ3v) is 4.03. The highest BCUT2D eigenvalue weighted by Gasteiger charge is 2.39. The zero-order chi connectivity index (χ0) is 15.4. The number of carboxylic acid groups (broad SMARTS) is 1. The number of methoxy groups -OCH3 is 1. The number of carbonyl (C=O) groups excluding carboxylic acids is 1. The minimum absolute atomic E-state index is 0.0477. The molecule has 21 heavy (non-hydrogen) atoms. The molecule has 0 aliphatic carbocycles. The number of aliphatic carboxylic acids is 1. The number of hydrogen-bond donors (Lipinski definition) is 1. The zero-order valence-corrected chi connectivity index (χ0v) is 12.4. The summed E-state index contributed by atoms with van der Waals surface area (Å²) in [6, 6.07) is 8.39. The maximum Gasteiger partial charge on any atom is 0.326 e. The van der Waals surface area contributed by atoms with Gasteiger partial charge in [0, 0.05) is 13.7 Å². The van der Waals surface area contributed by atoms with E-state index in [1.54, 1.807) is 0 Å². The number of hydrogen-bond acceptors (Lipinski definition) is 3. The van der Waals surface area contributed by atoms with Crippen molar-refractivity contribution in [2.75, 3.05) is 13.7 Å². The largest absolute Gasteiger partial charge is 0.480 e. The van der Waals surface area contributed by atoms with Crippen molar-refractivity contribution < 1.29 is 19.4 Å². The standard InChI is InChI=1S/C16H21NO4/c1-11-7-6-10-17(13(11)16(19)20)15(18)14(21-2)12-8-4-3-5-9-12/h3-5,8-9,11,13-14H,6-7,10H2,1-2H3,(H,19,20). The molecule has 1 amide bonds. The van der Waals surface area contributed by atoms with Crippen LogP contribution in [-0.2, 0) is 14.3 Å². The highest BCUT2D eigenvalue weighted by atomic mass is 16.5. The minimum atomic E-state index is -0.946. The molecule has 0 saturated carbocycles. The molecule has 3 atom stereocenters. The first-order chi connectivity index (χ1) is 10.1. The van der Waals surface area contributed by atoms with Crippen molar-refractivity contribution in [2.24, 2.45) is 5.92 Å². The van der Waals surface area contributed by atoms with Crippen molar-refractivity contribution in [1.29, 1.82) is 0 Å². The number of ether oxygens (including phenoxy) is 1. The van der Waals surface area contributed by atoms with Crippen LogP contribution in [0.25, 0.3) is 0 Å². The fourth-order valence-corrected chi connectivity index (χ4v) is 2.97. The van der Waals surface area contributed by atoms with E-state index in [0.717, 1.165) is 18.4 Å². The van der Waals surface area contributed by atoms with Crippen LogP contribution >= 0.6 is 0 Å². The Morgan fingerprint density at radius 2 is 2.00 bits per heavy atom. The summed E-state index contributed by atoms with van der Waals surface area (Å²) in [5.74, 6) is -1.27. The van der Waals surface area contributed by atoms with Gasteiger partial charge in [0.25, 0.3) is 5.91 Å². The molecule has 0 spiro atoms. The Hall–Kier alpha value is -1.88. The van der Waals surface area contributed by atoms with Crippen molar-refractivity contribution in [3.05, 3.63) is 35.9 Å². The third-order valence-electron chi connectivity index (χ3n) is 4.03. The van der Waals surface area contributed by atoms with Crippen molar-refractivity contribution in [1.82, 2.24) is 4.90 Å². The molecule has 1 saturated heterocycles. The summed E-state index contributed by atoms with van der Waals surface area (Å²) in [4.78, 5) is 25.7. The van der Waals surface area contributed by atoms with Crippen LogP contribution in [0.5, 0.6) is 0 Å². The average Bonchev–Trinajstić information content (AvgIpc) is 2.48. The van der Waals surface area contributed by atoms with Crippen molar-refractivity contribution in [2.45, 2.75) is 31.9 Å². The number of benzene rings is 1. The molecule has 114 valence electrons. The van der Waals surface area contributed by atoms with E-state index in [2.05, 4.69) is 0 Å². The molecule has 5 nitrogen and oxygen atoms in total. The first-order valence-electron chi connectivity index (χ1n) is 7.17. The molecular formula is C16H21NO4. The average molecular weight is 291 g/mol. The van der Waals surface area contributed by atoms with Crippen LogP contribution in [0.3, 0.4) is 0 Å². The van der Waals surface area contributed by atoms with Gasteiger partial charge in [-0.3, -0.25) is 4.79 Å². The van der Waals surface area contributed by atoms with E-state index in [1.807, 2.05) is 37.3 Å². The first kappa shape index (κ1) is 15.5. The summed E-state index contributed by atoms with van der Waals surface area (Å²) in [5.41, 5.74) is 0.743. The summed E-state index contributed by atoms with van der Waals surface area (Å²) in [7, 11) is 1.47. The van der Waals surface area contributed by atoms with Gasteiger partial charge >= 0.3 is 5.97 Å². The Kier molecular flexibility index (Phi) is 4.96. The van der Waals surface area contributed by atoms with Gasteiger partial charge in [-0.05, 0) is 24.3 Å². The molecule has 3 unspecified atom stereocenters. The zero-order valence-electron chi connectivity index (χ0n) is 12.4. The predicted molar refractivity (Wildman–Crippen MR) is 77.7 cm³/mol. The van der Waals surface area contributed by atoms with Gasteiger partial charge < -0.3 is 14.7 Å². The Bertz CT molecular complexity index is 502. The number of carbonyl (C=O) groups is 2. The van der Waals surface area contributed by atoms with Crippen LogP contribution in [0.4, 0.5) is 0 Å². The van der Waals surface area contributed by atoms with Crippen molar-refractivity contribution in [3.63, 3.8) is 0 Å². The molecule has 2 rings (SSSR count). The number of carboxylic acids is 1. The molecule has 1 aliphatic rings. The summed E-state index contributed by atoms with van der Waals surface area (Å²) in [6.45, 7) is 2.34. The topological polar surface area (TPSA) is 66.8 Å². The second-order valence-corrected chi connectivity index (χ2v) is 5.46. The van der Waals surface area contributed by atoms with E-state index < -0.39 is 18.1 Å². The Balaban J connectivity index is 2.25. The second-order valence-electron chi connectivity index (χ2n) is 5.46. The summed E-state index contributed by atoms with van der Waals surface area (Å²) in [6.07, 6.45) is 0.893. The van der Waals surface area contributed by atoms with Crippen molar-refractivity contribution in [3.8, 4) is 0 Å². The molecular weight excluding hydrogens is 270 g/mol. The van der Waals surface area contributed by atoms with Crippen LogP contribution in [0.1, 0.15) is 31.4 Å². The van der Waals surface area contributed by atoms with Gasteiger partial charge in [0.15, 0.2) is 6.10 Å². The molecule has 1 N–H and O–H groups in total. The summed E-state index contributed by atoms with van der Waals surface area (Å²) >= 11 is 0. The normalized spacial score (nSPS) is 23.6. The quantitative estimate of drug-likeness (QED) is 0.922. The van der Waals surface area contributed by atoms with Gasteiger partial charge in [-0.1, -0.05) is 37.3 Å². The molecule has 0 aromatic heterocycles. The van der Waals surface area contributed by atoms with Crippen LogP contribution in [0.15, 0.2) is 30.3 Å². The lowest BCUT2D eigenvalue weighted by molar-refractivity contribution is -0.160. The first-order valence-corrected chi connectivity index (χ1v) is 7.17. The maximum absolute atomic E-state index is 12.7. The van der Waals surface area contributed by atoms with Gasteiger partial charge in [0.1, 0.15) is 6.04 Å². The van der Waals surface area contributed by atoms with E-state index in [0.29, 0.717) is 6.54 Å². The van der Waals surface area contributed by atoms with E-state index in [-0.39, 0.29) is 11.8 Å². The molecule has 1 aromatic rings. The highest BCUT2D eigenvalue weighted by molar-refractivity contribution is 5.87. The smallest absolute Gasteiger partial charge is 0.326 e. The number of amides is 1. The molecule has 1 fully saturated rings. The van der Waals surface area contributed by atoms with Gasteiger partial charge in [-0.25, -0.2) is 4.79 Å².